The Balaban J connectivity index is 1.84. The summed E-state index contributed by atoms with van der Waals surface area (Å²) >= 11 is 1.68. The van der Waals surface area contributed by atoms with Gasteiger partial charge in [0.2, 0.25) is 0 Å². The quantitative estimate of drug-likeness (QED) is 0.856. The van der Waals surface area contributed by atoms with E-state index in [4.69, 9.17) is 5.11 Å². The fraction of sp³-hybridized carbons (Fsp3) is 0.688. The molecule has 0 bridgehead atoms. The number of amides is 1. The maximum absolute atomic E-state index is 10.9. The van der Waals surface area contributed by atoms with Crippen molar-refractivity contribution in [1.29, 1.82) is 0 Å². The van der Waals surface area contributed by atoms with E-state index in [-0.39, 0.29) is 0 Å². The van der Waals surface area contributed by atoms with E-state index >= 15 is 0 Å². The number of aromatic nitrogens is 1. The van der Waals surface area contributed by atoms with Crippen molar-refractivity contribution in [3.63, 3.8) is 0 Å². The van der Waals surface area contributed by atoms with Crippen LogP contribution in [0.3, 0.4) is 0 Å². The number of hydrogen-bond donors (Lipinski definition) is 1. The second kappa shape index (κ2) is 7.22. The highest BCUT2D eigenvalue weighted by atomic mass is 32.1. The first kappa shape index (κ1) is 16.9. The maximum Gasteiger partial charge on any atom is 0.407 e. The van der Waals surface area contributed by atoms with Gasteiger partial charge in [-0.1, -0.05) is 20.8 Å². The summed E-state index contributed by atoms with van der Waals surface area (Å²) < 4.78 is 0. The molecular formula is C16H25N3O2S. The molecule has 0 spiro atoms. The highest BCUT2D eigenvalue weighted by Crippen LogP contribution is 2.30. The topological polar surface area (TPSA) is 65.8 Å². The summed E-state index contributed by atoms with van der Waals surface area (Å²) in [4.78, 5) is 22.5. The highest BCUT2D eigenvalue weighted by molar-refractivity contribution is 7.13. The fourth-order valence-electron chi connectivity index (χ4n) is 2.42. The van der Waals surface area contributed by atoms with Gasteiger partial charge in [-0.25, -0.2) is 9.78 Å². The molecule has 6 heteroatoms. The van der Waals surface area contributed by atoms with Gasteiger partial charge in [0.25, 0.3) is 0 Å². The van der Waals surface area contributed by atoms with Crippen LogP contribution in [0.4, 0.5) is 4.79 Å². The smallest absolute Gasteiger partial charge is 0.407 e. The van der Waals surface area contributed by atoms with Gasteiger partial charge in [0, 0.05) is 38.0 Å². The molecule has 0 unspecified atom stereocenters. The molecule has 2 rings (SSSR count). The number of hydrogen-bond acceptors (Lipinski definition) is 4. The number of piperidine rings is 1. The van der Waals surface area contributed by atoms with Crippen LogP contribution in [0.25, 0.3) is 0 Å². The van der Waals surface area contributed by atoms with Gasteiger partial charge in [-0.05, 0) is 24.7 Å². The molecule has 0 saturated carbocycles. The zero-order valence-electron chi connectivity index (χ0n) is 13.6. The Morgan fingerprint density at radius 2 is 2.18 bits per heavy atom. The molecule has 0 radical (unpaired) electrons. The van der Waals surface area contributed by atoms with Crippen LogP contribution in [0.2, 0.25) is 0 Å². The summed E-state index contributed by atoms with van der Waals surface area (Å²) in [6.45, 7) is 8.71. The third kappa shape index (κ3) is 5.09. The van der Waals surface area contributed by atoms with Crippen LogP contribution < -0.4 is 0 Å². The van der Waals surface area contributed by atoms with E-state index in [1.165, 1.54) is 4.90 Å². The van der Waals surface area contributed by atoms with Gasteiger partial charge in [0.1, 0.15) is 0 Å². The number of rotatable bonds is 4. The number of carbonyl (C=O) groups is 1. The van der Waals surface area contributed by atoms with Crippen molar-refractivity contribution < 1.29 is 9.90 Å². The zero-order chi connectivity index (χ0) is 16.2. The second-order valence-electron chi connectivity index (χ2n) is 6.99. The van der Waals surface area contributed by atoms with Crippen LogP contribution in [0.1, 0.15) is 55.8 Å². The third-order valence-electron chi connectivity index (χ3n) is 3.87. The predicted molar refractivity (Wildman–Crippen MR) is 90.2 cm³/mol. The summed E-state index contributed by atoms with van der Waals surface area (Å²) in [5, 5.41) is 10.1. The second-order valence-corrected chi connectivity index (χ2v) is 8.08. The summed E-state index contributed by atoms with van der Waals surface area (Å²) in [7, 11) is 0. The molecule has 1 saturated heterocycles. The van der Waals surface area contributed by atoms with Gasteiger partial charge in [-0.2, -0.15) is 0 Å². The first-order valence-electron chi connectivity index (χ1n) is 7.78. The molecule has 1 N–H and O–H groups in total. The fourth-order valence-corrected chi connectivity index (χ4v) is 3.40. The van der Waals surface area contributed by atoms with Crippen LogP contribution in [0, 0.1) is 5.41 Å². The van der Waals surface area contributed by atoms with Gasteiger partial charge >= 0.3 is 6.09 Å². The van der Waals surface area contributed by atoms with Crippen molar-refractivity contribution in [1.82, 2.24) is 9.88 Å². The van der Waals surface area contributed by atoms with Crippen LogP contribution in [-0.2, 0) is 0 Å². The maximum atomic E-state index is 10.9. The minimum Gasteiger partial charge on any atom is -0.465 e. The first-order chi connectivity index (χ1) is 10.3. The zero-order valence-corrected chi connectivity index (χ0v) is 14.4. The Labute approximate surface area is 136 Å². The molecule has 0 aromatic carbocycles. The van der Waals surface area contributed by atoms with Crippen molar-refractivity contribution in [3.8, 4) is 0 Å². The lowest BCUT2D eigenvalue weighted by Gasteiger charge is -2.28. The van der Waals surface area contributed by atoms with Crippen molar-refractivity contribution in [2.45, 2.75) is 46.0 Å². The third-order valence-corrected chi connectivity index (χ3v) is 4.96. The van der Waals surface area contributed by atoms with Crippen molar-refractivity contribution in [2.24, 2.45) is 10.4 Å². The molecule has 1 aromatic rings. The molecule has 1 aromatic heterocycles. The first-order valence-corrected chi connectivity index (χ1v) is 8.60. The van der Waals surface area contributed by atoms with E-state index in [0.717, 1.165) is 35.7 Å². The van der Waals surface area contributed by atoms with E-state index in [2.05, 4.69) is 30.7 Å². The van der Waals surface area contributed by atoms with Crippen molar-refractivity contribution in [2.75, 3.05) is 19.6 Å². The standard InChI is InChI=1S/C16H25N3O2S/c1-16(2,3)6-7-17-10-13-11-18-14(22-13)12-4-8-19(9-5-12)15(20)21/h10-12H,4-9H2,1-3H3,(H,20,21). The van der Waals surface area contributed by atoms with Gasteiger partial charge in [0.15, 0.2) is 0 Å². The molecule has 0 atom stereocenters. The van der Waals surface area contributed by atoms with Crippen molar-refractivity contribution >= 4 is 23.6 Å². The lowest BCUT2D eigenvalue weighted by Crippen LogP contribution is -2.36. The van der Waals surface area contributed by atoms with Crippen LogP contribution in [0.5, 0.6) is 0 Å². The SMILES string of the molecule is CC(C)(C)CCN=Cc1cnc(C2CCN(C(=O)O)CC2)s1. The summed E-state index contributed by atoms with van der Waals surface area (Å²) in [5.41, 5.74) is 0.314. The monoisotopic (exact) mass is 323 g/mol. The summed E-state index contributed by atoms with van der Waals surface area (Å²) in [6.07, 6.45) is 5.77. The number of aliphatic imine (C=N–C) groups is 1. The van der Waals surface area contributed by atoms with E-state index in [1.807, 2.05) is 12.4 Å². The Hall–Kier alpha value is -1.43. The number of likely N-dealkylation sites (tertiary alicyclic amines) is 1. The van der Waals surface area contributed by atoms with E-state index in [0.29, 0.717) is 24.4 Å². The average molecular weight is 323 g/mol. The summed E-state index contributed by atoms with van der Waals surface area (Å²) in [5.74, 6) is 0.386. The minimum absolute atomic E-state index is 0.314. The van der Waals surface area contributed by atoms with Gasteiger partial charge in [0.05, 0.1) is 9.88 Å². The molecule has 122 valence electrons. The van der Waals surface area contributed by atoms with E-state index < -0.39 is 6.09 Å². The normalized spacial score (nSPS) is 17.3. The Kier molecular flexibility index (Phi) is 5.56. The lowest BCUT2D eigenvalue weighted by atomic mass is 9.93. The number of nitrogens with zero attached hydrogens (tertiary/aromatic N) is 3. The summed E-state index contributed by atoms with van der Waals surface area (Å²) in [6, 6.07) is 0. The Morgan fingerprint density at radius 1 is 1.50 bits per heavy atom. The van der Waals surface area contributed by atoms with E-state index in [9.17, 15) is 4.79 Å². The average Bonchev–Trinajstić information content (AvgIpc) is 2.91. The van der Waals surface area contributed by atoms with Gasteiger partial charge < -0.3 is 10.0 Å². The molecular weight excluding hydrogens is 298 g/mol. The molecule has 0 aliphatic carbocycles. The van der Waals surface area contributed by atoms with Crippen LogP contribution >= 0.6 is 11.3 Å². The molecule has 1 fully saturated rings. The molecule has 2 heterocycles. The molecule has 5 nitrogen and oxygen atoms in total. The molecule has 1 amide bonds. The van der Waals surface area contributed by atoms with Gasteiger partial charge in [-0.3, -0.25) is 4.99 Å². The molecule has 1 aliphatic heterocycles. The Morgan fingerprint density at radius 3 is 2.77 bits per heavy atom. The highest BCUT2D eigenvalue weighted by Gasteiger charge is 2.25. The molecule has 22 heavy (non-hydrogen) atoms. The van der Waals surface area contributed by atoms with Gasteiger partial charge in [-0.15, -0.1) is 11.3 Å². The largest absolute Gasteiger partial charge is 0.465 e. The van der Waals surface area contributed by atoms with E-state index in [1.54, 1.807) is 11.3 Å². The minimum atomic E-state index is -0.816. The lowest BCUT2D eigenvalue weighted by molar-refractivity contribution is 0.132. The predicted octanol–water partition coefficient (Wildman–Crippen LogP) is 3.86. The number of thiazole rings is 1. The Bertz CT molecular complexity index is 526. The molecule has 1 aliphatic rings. The van der Waals surface area contributed by atoms with Crippen LogP contribution in [0.15, 0.2) is 11.2 Å². The van der Waals surface area contributed by atoms with Crippen LogP contribution in [-0.4, -0.2) is 46.9 Å². The van der Waals surface area contributed by atoms with Crippen molar-refractivity contribution in [3.05, 3.63) is 16.1 Å². The number of carboxylic acid groups (broad SMARTS) is 1.